The lowest BCUT2D eigenvalue weighted by atomic mass is 10.1. The zero-order chi connectivity index (χ0) is 18.6. The number of halogens is 1. The van der Waals surface area contributed by atoms with Crippen LogP contribution in [0.1, 0.15) is 25.3 Å². The molecular weight excluding hydrogens is 333 g/mol. The molecule has 9 heteroatoms. The topological polar surface area (TPSA) is 114 Å². The number of anilines is 1. The molecule has 1 saturated heterocycles. The van der Waals surface area contributed by atoms with Gasteiger partial charge < -0.3 is 15.4 Å². The minimum absolute atomic E-state index is 0.0632. The summed E-state index contributed by atoms with van der Waals surface area (Å²) in [7, 11) is 0. The van der Waals surface area contributed by atoms with E-state index in [1.165, 1.54) is 25.1 Å². The zero-order valence-electron chi connectivity index (χ0n) is 13.7. The minimum atomic E-state index is -1.10. The van der Waals surface area contributed by atoms with E-state index < -0.39 is 41.8 Å². The number of urea groups is 1. The summed E-state index contributed by atoms with van der Waals surface area (Å²) in [5, 5.41) is 6.90. The highest BCUT2D eigenvalue weighted by Crippen LogP contribution is 2.16. The van der Waals surface area contributed by atoms with E-state index in [0.29, 0.717) is 11.3 Å². The fourth-order valence-electron chi connectivity index (χ4n) is 2.20. The number of benzene rings is 1. The first-order valence-corrected chi connectivity index (χ1v) is 7.64. The summed E-state index contributed by atoms with van der Waals surface area (Å²) in [6.07, 6.45) is -1.18. The molecule has 2 atom stereocenters. The Kier molecular flexibility index (Phi) is 5.68. The summed E-state index contributed by atoms with van der Waals surface area (Å²) in [5.41, 5.74) is 0.953. The Morgan fingerprint density at radius 1 is 1.36 bits per heavy atom. The number of carbonyl (C=O) groups is 4. The molecule has 0 spiro atoms. The summed E-state index contributed by atoms with van der Waals surface area (Å²) in [6, 6.07) is 2.55. The van der Waals surface area contributed by atoms with Gasteiger partial charge in [0.1, 0.15) is 11.9 Å². The molecule has 0 aromatic heterocycles. The molecule has 1 heterocycles. The second-order valence-corrected chi connectivity index (χ2v) is 5.63. The van der Waals surface area contributed by atoms with Crippen molar-refractivity contribution in [2.45, 2.75) is 38.8 Å². The molecule has 4 amide bonds. The molecule has 1 aromatic carbocycles. The lowest BCUT2D eigenvalue weighted by Crippen LogP contribution is -2.32. The van der Waals surface area contributed by atoms with Gasteiger partial charge in [0.2, 0.25) is 0 Å². The number of hydrogen-bond acceptors (Lipinski definition) is 5. The third-order valence-electron chi connectivity index (χ3n) is 3.63. The lowest BCUT2D eigenvalue weighted by Gasteiger charge is -2.15. The van der Waals surface area contributed by atoms with Crippen molar-refractivity contribution in [3.8, 4) is 0 Å². The molecule has 3 N–H and O–H groups in total. The standard InChI is InChI=1S/C16H18FN3O5/c1-8-3-4-10(17)7-12(8)18-14(22)9(2)25-13(21)6-5-11-15(23)20-16(24)19-11/h3-4,7,9,11H,5-6H2,1-2H3,(H,18,22)(H2,19,20,23,24)/t9-,11-/m1/s1. The quantitative estimate of drug-likeness (QED) is 0.522. The summed E-state index contributed by atoms with van der Waals surface area (Å²) >= 11 is 0. The van der Waals surface area contributed by atoms with Crippen molar-refractivity contribution >= 4 is 29.5 Å². The maximum absolute atomic E-state index is 13.2. The Hall–Kier alpha value is -2.97. The van der Waals surface area contributed by atoms with Crippen LogP contribution in [0, 0.1) is 12.7 Å². The van der Waals surface area contributed by atoms with Gasteiger partial charge in [-0.3, -0.25) is 19.7 Å². The average molecular weight is 351 g/mol. The molecule has 0 radical (unpaired) electrons. The van der Waals surface area contributed by atoms with Crippen molar-refractivity contribution in [3.63, 3.8) is 0 Å². The van der Waals surface area contributed by atoms with Crippen LogP contribution in [0.2, 0.25) is 0 Å². The van der Waals surface area contributed by atoms with Crippen molar-refractivity contribution in [1.82, 2.24) is 10.6 Å². The first-order chi connectivity index (χ1) is 11.8. The molecule has 25 heavy (non-hydrogen) atoms. The van der Waals surface area contributed by atoms with E-state index in [1.807, 2.05) is 0 Å². The molecule has 0 aliphatic carbocycles. The van der Waals surface area contributed by atoms with E-state index in [4.69, 9.17) is 4.74 Å². The highest BCUT2D eigenvalue weighted by Gasteiger charge is 2.30. The summed E-state index contributed by atoms with van der Waals surface area (Å²) < 4.78 is 18.2. The molecule has 1 aliphatic heterocycles. The van der Waals surface area contributed by atoms with Gasteiger partial charge in [0.15, 0.2) is 6.10 Å². The predicted octanol–water partition coefficient (Wildman–Crippen LogP) is 0.993. The number of rotatable bonds is 6. The van der Waals surface area contributed by atoms with Gasteiger partial charge in [0.25, 0.3) is 11.8 Å². The number of amides is 4. The molecule has 0 saturated carbocycles. The van der Waals surface area contributed by atoms with E-state index in [1.54, 1.807) is 6.92 Å². The second-order valence-electron chi connectivity index (χ2n) is 5.63. The average Bonchev–Trinajstić information content (AvgIpc) is 2.86. The molecular formula is C16H18FN3O5. The smallest absolute Gasteiger partial charge is 0.322 e. The van der Waals surface area contributed by atoms with Gasteiger partial charge in [0, 0.05) is 12.1 Å². The normalized spacial score (nSPS) is 17.5. The molecule has 0 unspecified atom stereocenters. The number of ether oxygens (including phenoxy) is 1. The predicted molar refractivity (Wildman–Crippen MR) is 85.0 cm³/mol. The van der Waals surface area contributed by atoms with Gasteiger partial charge in [-0.15, -0.1) is 0 Å². The maximum Gasteiger partial charge on any atom is 0.322 e. The van der Waals surface area contributed by atoms with Crippen LogP contribution in [-0.4, -0.2) is 36.0 Å². The minimum Gasteiger partial charge on any atom is -0.453 e. The SMILES string of the molecule is Cc1ccc(F)cc1NC(=O)[C@@H](C)OC(=O)CC[C@H]1NC(=O)NC1=O. The number of carbonyl (C=O) groups excluding carboxylic acids is 4. The molecule has 134 valence electrons. The van der Waals surface area contributed by atoms with Crippen molar-refractivity contribution in [1.29, 1.82) is 0 Å². The fraction of sp³-hybridized carbons (Fsp3) is 0.375. The highest BCUT2D eigenvalue weighted by molar-refractivity contribution is 6.04. The Morgan fingerprint density at radius 2 is 2.08 bits per heavy atom. The summed E-state index contributed by atoms with van der Waals surface area (Å²) in [4.78, 5) is 46.1. The number of nitrogens with one attached hydrogen (secondary N) is 3. The van der Waals surface area contributed by atoms with Crippen molar-refractivity contribution < 1.29 is 28.3 Å². The van der Waals surface area contributed by atoms with Crippen LogP contribution in [0.3, 0.4) is 0 Å². The monoisotopic (exact) mass is 351 g/mol. The molecule has 8 nitrogen and oxygen atoms in total. The third-order valence-corrected chi connectivity index (χ3v) is 3.63. The zero-order valence-corrected chi connectivity index (χ0v) is 13.7. The fourth-order valence-corrected chi connectivity index (χ4v) is 2.20. The van der Waals surface area contributed by atoms with Crippen LogP contribution in [0.4, 0.5) is 14.9 Å². The van der Waals surface area contributed by atoms with Gasteiger partial charge in [0.05, 0.1) is 0 Å². The van der Waals surface area contributed by atoms with Crippen LogP contribution in [0.25, 0.3) is 0 Å². The Balaban J connectivity index is 1.82. The summed E-state index contributed by atoms with van der Waals surface area (Å²) in [6.45, 7) is 3.08. The largest absolute Gasteiger partial charge is 0.453 e. The number of hydrogen-bond donors (Lipinski definition) is 3. The van der Waals surface area contributed by atoms with Gasteiger partial charge in [-0.1, -0.05) is 6.07 Å². The molecule has 1 aromatic rings. The van der Waals surface area contributed by atoms with Gasteiger partial charge >= 0.3 is 12.0 Å². The van der Waals surface area contributed by atoms with Crippen molar-refractivity contribution in [3.05, 3.63) is 29.6 Å². The molecule has 0 bridgehead atoms. The van der Waals surface area contributed by atoms with Crippen LogP contribution in [0.15, 0.2) is 18.2 Å². The van der Waals surface area contributed by atoms with Gasteiger partial charge in [-0.25, -0.2) is 9.18 Å². The lowest BCUT2D eigenvalue weighted by molar-refractivity contribution is -0.153. The Morgan fingerprint density at radius 3 is 2.72 bits per heavy atom. The van der Waals surface area contributed by atoms with E-state index in [2.05, 4.69) is 16.0 Å². The first kappa shape index (κ1) is 18.4. The third kappa shape index (κ3) is 5.00. The van der Waals surface area contributed by atoms with Crippen LogP contribution < -0.4 is 16.0 Å². The van der Waals surface area contributed by atoms with E-state index in [0.717, 1.165) is 0 Å². The van der Waals surface area contributed by atoms with Crippen LogP contribution in [-0.2, 0) is 19.1 Å². The Labute approximate surface area is 143 Å². The molecule has 1 fully saturated rings. The van der Waals surface area contributed by atoms with Gasteiger partial charge in [-0.2, -0.15) is 0 Å². The van der Waals surface area contributed by atoms with Gasteiger partial charge in [-0.05, 0) is 38.0 Å². The van der Waals surface area contributed by atoms with E-state index in [9.17, 15) is 23.6 Å². The van der Waals surface area contributed by atoms with Crippen LogP contribution in [0.5, 0.6) is 0 Å². The maximum atomic E-state index is 13.2. The number of aryl methyl sites for hydroxylation is 1. The number of esters is 1. The summed E-state index contributed by atoms with van der Waals surface area (Å²) in [5.74, 6) is -2.30. The number of imide groups is 1. The van der Waals surface area contributed by atoms with Crippen molar-refractivity contribution in [2.24, 2.45) is 0 Å². The molecule has 2 rings (SSSR count). The van der Waals surface area contributed by atoms with Crippen molar-refractivity contribution in [2.75, 3.05) is 5.32 Å². The van der Waals surface area contributed by atoms with Crippen LogP contribution >= 0.6 is 0 Å². The Bertz CT molecular complexity index is 722. The first-order valence-electron chi connectivity index (χ1n) is 7.64. The van der Waals surface area contributed by atoms with E-state index >= 15 is 0 Å². The molecule has 1 aliphatic rings. The highest BCUT2D eigenvalue weighted by atomic mass is 19.1. The van der Waals surface area contributed by atoms with E-state index in [-0.39, 0.29) is 12.8 Å². The second kappa shape index (κ2) is 7.73.